The van der Waals surface area contributed by atoms with Crippen molar-refractivity contribution in [3.8, 4) is 0 Å². The highest BCUT2D eigenvalue weighted by Crippen LogP contribution is 2.21. The zero-order valence-electron chi connectivity index (χ0n) is 9.40. The highest BCUT2D eigenvalue weighted by Gasteiger charge is 2.15. The van der Waals surface area contributed by atoms with Gasteiger partial charge < -0.3 is 10.3 Å². The molecule has 1 saturated heterocycles. The van der Waals surface area contributed by atoms with Crippen LogP contribution < -0.4 is 10.9 Å². The van der Waals surface area contributed by atoms with Crippen LogP contribution in [0.1, 0.15) is 6.42 Å². The fourth-order valence-electron chi connectivity index (χ4n) is 2.16. The van der Waals surface area contributed by atoms with E-state index in [1.54, 1.807) is 0 Å². The Kier molecular flexibility index (Phi) is 2.81. The summed E-state index contributed by atoms with van der Waals surface area (Å²) < 4.78 is 0. The number of aromatic amines is 1. The van der Waals surface area contributed by atoms with Crippen molar-refractivity contribution in [2.75, 3.05) is 16.8 Å². The lowest BCUT2D eigenvalue weighted by Crippen LogP contribution is -2.21. The second-order valence-electron chi connectivity index (χ2n) is 4.30. The van der Waals surface area contributed by atoms with Gasteiger partial charge in [-0.3, -0.25) is 4.79 Å². The Morgan fingerprint density at radius 1 is 1.35 bits per heavy atom. The van der Waals surface area contributed by atoms with E-state index in [-0.39, 0.29) is 5.56 Å². The van der Waals surface area contributed by atoms with E-state index in [1.807, 2.05) is 42.1 Å². The van der Waals surface area contributed by atoms with Gasteiger partial charge in [-0.15, -0.1) is 0 Å². The molecule has 0 amide bonds. The molecular weight excluding hydrogens is 232 g/mol. The van der Waals surface area contributed by atoms with E-state index in [0.29, 0.717) is 6.04 Å². The predicted molar refractivity (Wildman–Crippen MR) is 73.9 cm³/mol. The Morgan fingerprint density at radius 2 is 2.24 bits per heavy atom. The van der Waals surface area contributed by atoms with Gasteiger partial charge in [0.15, 0.2) is 0 Å². The smallest absolute Gasteiger partial charge is 0.257 e. The van der Waals surface area contributed by atoms with Crippen LogP contribution in [-0.2, 0) is 0 Å². The topological polar surface area (TPSA) is 44.9 Å². The lowest BCUT2D eigenvalue weighted by molar-refractivity contribution is 0.806. The number of aromatic nitrogens is 1. The van der Waals surface area contributed by atoms with Gasteiger partial charge in [-0.2, -0.15) is 11.8 Å². The van der Waals surface area contributed by atoms with E-state index >= 15 is 0 Å². The van der Waals surface area contributed by atoms with Gasteiger partial charge in [0, 0.05) is 17.2 Å². The molecule has 17 heavy (non-hydrogen) atoms. The molecule has 1 aliphatic heterocycles. The number of hydrogen-bond acceptors (Lipinski definition) is 3. The van der Waals surface area contributed by atoms with Crippen LogP contribution in [0, 0.1) is 0 Å². The molecule has 3 nitrogen and oxygen atoms in total. The molecule has 4 heteroatoms. The summed E-state index contributed by atoms with van der Waals surface area (Å²) in [6.45, 7) is 0. The minimum Gasteiger partial charge on any atom is -0.368 e. The molecule has 2 N–H and O–H groups in total. The van der Waals surface area contributed by atoms with Crippen molar-refractivity contribution in [2.45, 2.75) is 12.5 Å². The van der Waals surface area contributed by atoms with Crippen LogP contribution >= 0.6 is 11.8 Å². The van der Waals surface area contributed by atoms with E-state index in [0.717, 1.165) is 22.3 Å². The molecule has 0 saturated carbocycles. The average molecular weight is 246 g/mol. The van der Waals surface area contributed by atoms with Crippen LogP contribution in [0.4, 0.5) is 5.82 Å². The summed E-state index contributed by atoms with van der Waals surface area (Å²) in [5.74, 6) is 3.16. The van der Waals surface area contributed by atoms with Crippen molar-refractivity contribution in [1.82, 2.24) is 4.98 Å². The van der Waals surface area contributed by atoms with Gasteiger partial charge >= 0.3 is 0 Å². The van der Waals surface area contributed by atoms with E-state index < -0.39 is 0 Å². The van der Waals surface area contributed by atoms with Crippen LogP contribution in [0.15, 0.2) is 35.1 Å². The standard InChI is InChI=1S/C13H14N2OS/c16-13-11-4-2-1-3-9(11)7-12(15-13)14-10-5-6-17-8-10/h1-4,7,10H,5-6,8H2,(H2,14,15,16). The first-order chi connectivity index (χ1) is 8.33. The summed E-state index contributed by atoms with van der Waals surface area (Å²) in [6, 6.07) is 10.2. The fraction of sp³-hybridized carbons (Fsp3) is 0.308. The summed E-state index contributed by atoms with van der Waals surface area (Å²) >= 11 is 1.95. The quantitative estimate of drug-likeness (QED) is 0.855. The second kappa shape index (κ2) is 4.45. The molecule has 0 radical (unpaired) electrons. The number of pyridine rings is 1. The largest absolute Gasteiger partial charge is 0.368 e. The van der Waals surface area contributed by atoms with Gasteiger partial charge in [0.2, 0.25) is 0 Å². The van der Waals surface area contributed by atoms with Crippen LogP contribution in [0.2, 0.25) is 0 Å². The van der Waals surface area contributed by atoms with Crippen molar-refractivity contribution < 1.29 is 0 Å². The zero-order chi connectivity index (χ0) is 11.7. The number of benzene rings is 1. The lowest BCUT2D eigenvalue weighted by Gasteiger charge is -2.12. The third kappa shape index (κ3) is 2.17. The maximum atomic E-state index is 11.9. The van der Waals surface area contributed by atoms with E-state index in [9.17, 15) is 4.79 Å². The maximum Gasteiger partial charge on any atom is 0.257 e. The van der Waals surface area contributed by atoms with Gasteiger partial charge in [0.05, 0.1) is 0 Å². The minimum absolute atomic E-state index is 0.0174. The van der Waals surface area contributed by atoms with Gasteiger partial charge in [-0.1, -0.05) is 18.2 Å². The molecule has 1 aliphatic rings. The lowest BCUT2D eigenvalue weighted by atomic mass is 10.1. The number of anilines is 1. The van der Waals surface area contributed by atoms with Crippen LogP contribution in [0.5, 0.6) is 0 Å². The zero-order valence-corrected chi connectivity index (χ0v) is 10.2. The molecule has 0 bridgehead atoms. The molecule has 3 rings (SSSR count). The Bertz CT molecular complexity index is 587. The number of nitrogens with one attached hydrogen (secondary N) is 2. The highest BCUT2D eigenvalue weighted by atomic mass is 32.2. The summed E-state index contributed by atoms with van der Waals surface area (Å²) in [5, 5.41) is 5.14. The van der Waals surface area contributed by atoms with Gasteiger partial charge in [0.1, 0.15) is 5.82 Å². The number of H-pyrrole nitrogens is 1. The molecule has 1 fully saturated rings. The predicted octanol–water partition coefficient (Wildman–Crippen LogP) is 2.45. The van der Waals surface area contributed by atoms with Crippen molar-refractivity contribution in [2.24, 2.45) is 0 Å². The normalized spacial score (nSPS) is 19.6. The first kappa shape index (κ1) is 10.7. The average Bonchev–Trinajstić information content (AvgIpc) is 2.82. The molecule has 1 atom stereocenters. The van der Waals surface area contributed by atoms with E-state index in [2.05, 4.69) is 10.3 Å². The fourth-order valence-corrected chi connectivity index (χ4v) is 3.31. The molecule has 0 aliphatic carbocycles. The first-order valence-corrected chi connectivity index (χ1v) is 6.95. The Balaban J connectivity index is 1.97. The third-order valence-corrected chi connectivity index (χ3v) is 4.21. The van der Waals surface area contributed by atoms with E-state index in [4.69, 9.17) is 0 Å². The Morgan fingerprint density at radius 3 is 3.06 bits per heavy atom. The van der Waals surface area contributed by atoms with Gasteiger partial charge in [0.25, 0.3) is 5.56 Å². The summed E-state index contributed by atoms with van der Waals surface area (Å²) in [7, 11) is 0. The van der Waals surface area contributed by atoms with Crippen LogP contribution in [0.3, 0.4) is 0 Å². The molecule has 1 aromatic heterocycles. The Hall–Kier alpha value is -1.42. The summed E-state index contributed by atoms with van der Waals surface area (Å²) in [6.07, 6.45) is 1.17. The van der Waals surface area contributed by atoms with Crippen LogP contribution in [-0.4, -0.2) is 22.5 Å². The maximum absolute atomic E-state index is 11.9. The number of hydrogen-bond donors (Lipinski definition) is 2. The van der Waals surface area contributed by atoms with Crippen LogP contribution in [0.25, 0.3) is 10.8 Å². The van der Waals surface area contributed by atoms with Gasteiger partial charge in [-0.25, -0.2) is 0 Å². The number of rotatable bonds is 2. The molecule has 0 spiro atoms. The van der Waals surface area contributed by atoms with Crippen molar-refractivity contribution in [1.29, 1.82) is 0 Å². The van der Waals surface area contributed by atoms with Crippen molar-refractivity contribution in [3.63, 3.8) is 0 Å². The molecule has 1 unspecified atom stereocenters. The molecular formula is C13H14N2OS. The summed E-state index contributed by atoms with van der Waals surface area (Å²) in [4.78, 5) is 14.8. The molecule has 88 valence electrons. The SMILES string of the molecule is O=c1[nH]c(NC2CCSC2)cc2ccccc12. The Labute approximate surface area is 104 Å². The monoisotopic (exact) mass is 246 g/mol. The van der Waals surface area contributed by atoms with Gasteiger partial charge in [-0.05, 0) is 29.7 Å². The highest BCUT2D eigenvalue weighted by molar-refractivity contribution is 7.99. The third-order valence-electron chi connectivity index (χ3n) is 3.04. The number of fused-ring (bicyclic) bond motifs is 1. The molecule has 1 aromatic carbocycles. The van der Waals surface area contributed by atoms with Crippen molar-refractivity contribution in [3.05, 3.63) is 40.7 Å². The van der Waals surface area contributed by atoms with E-state index in [1.165, 1.54) is 12.2 Å². The van der Waals surface area contributed by atoms with Crippen molar-refractivity contribution >= 4 is 28.4 Å². The molecule has 2 aromatic rings. The summed E-state index contributed by atoms with van der Waals surface area (Å²) in [5.41, 5.74) is -0.0174. The molecule has 2 heterocycles. The number of thioether (sulfide) groups is 1. The second-order valence-corrected chi connectivity index (χ2v) is 5.45. The minimum atomic E-state index is -0.0174. The first-order valence-electron chi connectivity index (χ1n) is 5.79.